The minimum atomic E-state index is 0.963. The Kier molecular flexibility index (Phi) is 4.74. The summed E-state index contributed by atoms with van der Waals surface area (Å²) in [7, 11) is 0. The van der Waals surface area contributed by atoms with Crippen LogP contribution in [0.4, 0.5) is 0 Å². The van der Waals surface area contributed by atoms with Gasteiger partial charge in [0, 0.05) is 49.4 Å². The topological polar surface area (TPSA) is 35.6 Å². The molecule has 5 heteroatoms. The zero-order valence-electron chi connectivity index (χ0n) is 21.9. The molecule has 0 radical (unpaired) electrons. The molecular formula is C36H22N4S. The molecule has 0 unspecified atom stereocenters. The molecule has 0 saturated heterocycles. The molecule has 5 aromatic heterocycles. The molecule has 41 heavy (non-hydrogen) atoms. The van der Waals surface area contributed by atoms with E-state index in [-0.39, 0.29) is 0 Å². The third-order valence-electron chi connectivity index (χ3n) is 8.05. The van der Waals surface area contributed by atoms with Crippen molar-refractivity contribution in [2.24, 2.45) is 0 Å². The van der Waals surface area contributed by atoms with Gasteiger partial charge >= 0.3 is 0 Å². The third-order valence-corrected chi connectivity index (χ3v) is 9.25. The lowest BCUT2D eigenvalue weighted by Crippen LogP contribution is -1.94. The van der Waals surface area contributed by atoms with Gasteiger partial charge in [-0.1, -0.05) is 60.7 Å². The van der Waals surface area contributed by atoms with Crippen molar-refractivity contribution in [3.8, 4) is 22.6 Å². The molecule has 9 rings (SSSR count). The number of hydrogen-bond acceptors (Lipinski definition) is 3. The van der Waals surface area contributed by atoms with E-state index in [1.54, 1.807) is 0 Å². The Morgan fingerprint density at radius 3 is 2.10 bits per heavy atom. The van der Waals surface area contributed by atoms with Gasteiger partial charge in [-0.3, -0.25) is 9.97 Å². The molecule has 192 valence electrons. The number of rotatable bonds is 3. The first-order valence-corrected chi connectivity index (χ1v) is 14.5. The number of para-hydroxylation sites is 3. The number of benzene rings is 4. The van der Waals surface area contributed by atoms with E-state index >= 15 is 0 Å². The SMILES string of the molecule is c1ccc(-n2c3cnccc3c3cc(-c4ccc5sc6c7ccccc7n(-c7ccccc7)c6c5c4)ncc32)cc1. The highest BCUT2D eigenvalue weighted by Gasteiger charge is 2.19. The molecule has 5 heterocycles. The van der Waals surface area contributed by atoms with Crippen molar-refractivity contribution in [2.75, 3.05) is 0 Å². The maximum absolute atomic E-state index is 5.01. The van der Waals surface area contributed by atoms with Crippen molar-refractivity contribution >= 4 is 64.3 Å². The van der Waals surface area contributed by atoms with Gasteiger partial charge in [-0.15, -0.1) is 11.3 Å². The minimum absolute atomic E-state index is 0.963. The van der Waals surface area contributed by atoms with Crippen LogP contribution in [0, 0.1) is 0 Å². The zero-order chi connectivity index (χ0) is 26.9. The molecular weight excluding hydrogens is 520 g/mol. The quantitative estimate of drug-likeness (QED) is 0.223. The number of thiophene rings is 1. The first-order chi connectivity index (χ1) is 20.3. The molecule has 0 atom stereocenters. The number of pyridine rings is 2. The number of fused-ring (bicyclic) bond motifs is 8. The van der Waals surface area contributed by atoms with Gasteiger partial charge in [0.15, 0.2) is 0 Å². The monoisotopic (exact) mass is 542 g/mol. The first kappa shape index (κ1) is 22.5. The van der Waals surface area contributed by atoms with Gasteiger partial charge in [0.2, 0.25) is 0 Å². The van der Waals surface area contributed by atoms with Crippen molar-refractivity contribution in [1.82, 2.24) is 19.1 Å². The molecule has 0 aliphatic rings. The summed E-state index contributed by atoms with van der Waals surface area (Å²) in [6.45, 7) is 0. The van der Waals surface area contributed by atoms with Crippen LogP contribution in [0.15, 0.2) is 134 Å². The fourth-order valence-corrected chi connectivity index (χ4v) is 7.45. The Hall–Kier alpha value is -5.26. The van der Waals surface area contributed by atoms with Crippen molar-refractivity contribution < 1.29 is 0 Å². The molecule has 0 fully saturated rings. The number of hydrogen-bond donors (Lipinski definition) is 0. The van der Waals surface area contributed by atoms with E-state index in [4.69, 9.17) is 4.98 Å². The molecule has 0 saturated carbocycles. The fourth-order valence-electron chi connectivity index (χ4n) is 6.25. The highest BCUT2D eigenvalue weighted by atomic mass is 32.1. The lowest BCUT2D eigenvalue weighted by atomic mass is 10.1. The average molecular weight is 543 g/mol. The van der Waals surface area contributed by atoms with E-state index in [9.17, 15) is 0 Å². The lowest BCUT2D eigenvalue weighted by molar-refractivity contribution is 1.15. The summed E-state index contributed by atoms with van der Waals surface area (Å²) in [4.78, 5) is 9.45. The van der Waals surface area contributed by atoms with Crippen LogP contribution >= 0.6 is 11.3 Å². The summed E-state index contributed by atoms with van der Waals surface area (Å²) < 4.78 is 7.25. The Labute approximate surface area is 239 Å². The minimum Gasteiger partial charge on any atom is -0.308 e. The Balaban J connectivity index is 1.30. The molecule has 0 bridgehead atoms. The Morgan fingerprint density at radius 1 is 0.537 bits per heavy atom. The summed E-state index contributed by atoms with van der Waals surface area (Å²) in [5.74, 6) is 0. The van der Waals surface area contributed by atoms with Crippen LogP contribution in [-0.4, -0.2) is 19.1 Å². The van der Waals surface area contributed by atoms with Gasteiger partial charge in [-0.05, 0) is 54.6 Å². The number of aromatic nitrogens is 4. The Bertz CT molecular complexity index is 2410. The van der Waals surface area contributed by atoms with E-state index in [2.05, 4.69) is 123 Å². The highest BCUT2D eigenvalue weighted by Crippen LogP contribution is 2.43. The molecule has 0 aliphatic heterocycles. The van der Waals surface area contributed by atoms with Gasteiger partial charge in [0.1, 0.15) is 0 Å². The van der Waals surface area contributed by atoms with E-state index < -0.39 is 0 Å². The van der Waals surface area contributed by atoms with Gasteiger partial charge in [0.05, 0.1) is 44.9 Å². The lowest BCUT2D eigenvalue weighted by Gasteiger charge is -2.09. The van der Waals surface area contributed by atoms with Crippen LogP contribution in [0.25, 0.3) is 75.6 Å². The maximum Gasteiger partial charge on any atom is 0.0727 e. The van der Waals surface area contributed by atoms with E-state index in [1.165, 1.54) is 47.7 Å². The highest BCUT2D eigenvalue weighted by molar-refractivity contribution is 7.26. The van der Waals surface area contributed by atoms with Gasteiger partial charge in [0.25, 0.3) is 0 Å². The maximum atomic E-state index is 5.01. The van der Waals surface area contributed by atoms with Crippen LogP contribution in [0.1, 0.15) is 0 Å². The Morgan fingerprint density at radius 2 is 1.27 bits per heavy atom. The van der Waals surface area contributed by atoms with Crippen LogP contribution in [-0.2, 0) is 0 Å². The van der Waals surface area contributed by atoms with Crippen molar-refractivity contribution in [3.05, 3.63) is 134 Å². The molecule has 0 amide bonds. The predicted molar refractivity (Wildman–Crippen MR) is 172 cm³/mol. The second kappa shape index (κ2) is 8.62. The smallest absolute Gasteiger partial charge is 0.0727 e. The summed E-state index contributed by atoms with van der Waals surface area (Å²) in [5.41, 5.74) is 8.99. The second-order valence-corrected chi connectivity index (χ2v) is 11.4. The third kappa shape index (κ3) is 3.27. The molecule has 9 aromatic rings. The predicted octanol–water partition coefficient (Wildman–Crippen LogP) is 9.55. The van der Waals surface area contributed by atoms with Gasteiger partial charge in [-0.2, -0.15) is 0 Å². The standard InChI is InChI=1S/C36H22N4S/c1-3-9-24(10-4-1)39-32-21-37-18-17-26(32)28-20-30(38-22-33(28)39)23-15-16-34-29(19-23)35-36(41-34)27-13-7-8-14-31(27)40(35)25-11-5-2-6-12-25/h1-22H. The van der Waals surface area contributed by atoms with Crippen molar-refractivity contribution in [1.29, 1.82) is 0 Å². The van der Waals surface area contributed by atoms with Crippen LogP contribution < -0.4 is 0 Å². The summed E-state index contributed by atoms with van der Waals surface area (Å²) in [6.07, 6.45) is 5.82. The van der Waals surface area contributed by atoms with Crippen LogP contribution in [0.2, 0.25) is 0 Å². The summed E-state index contributed by atoms with van der Waals surface area (Å²) in [5, 5.41) is 4.88. The average Bonchev–Trinajstić information content (AvgIpc) is 3.68. The molecule has 0 spiro atoms. The molecule has 0 N–H and O–H groups in total. The van der Waals surface area contributed by atoms with Gasteiger partial charge in [-0.25, -0.2) is 0 Å². The molecule has 4 nitrogen and oxygen atoms in total. The fraction of sp³-hybridized carbons (Fsp3) is 0. The zero-order valence-corrected chi connectivity index (χ0v) is 22.7. The van der Waals surface area contributed by atoms with E-state index in [0.717, 1.165) is 28.0 Å². The molecule has 0 aliphatic carbocycles. The summed E-state index contributed by atoms with van der Waals surface area (Å²) in [6, 6.07) is 40.9. The summed E-state index contributed by atoms with van der Waals surface area (Å²) >= 11 is 1.86. The largest absolute Gasteiger partial charge is 0.308 e. The van der Waals surface area contributed by atoms with Crippen molar-refractivity contribution in [2.45, 2.75) is 0 Å². The molecule has 4 aromatic carbocycles. The van der Waals surface area contributed by atoms with Gasteiger partial charge < -0.3 is 9.13 Å². The van der Waals surface area contributed by atoms with Crippen LogP contribution in [0.5, 0.6) is 0 Å². The van der Waals surface area contributed by atoms with Crippen LogP contribution in [0.3, 0.4) is 0 Å². The van der Waals surface area contributed by atoms with E-state index in [0.29, 0.717) is 0 Å². The number of nitrogens with zero attached hydrogens (tertiary/aromatic N) is 4. The van der Waals surface area contributed by atoms with Crippen molar-refractivity contribution in [3.63, 3.8) is 0 Å². The van der Waals surface area contributed by atoms with E-state index in [1.807, 2.05) is 36.0 Å². The normalized spacial score (nSPS) is 11.9. The first-order valence-electron chi connectivity index (χ1n) is 13.7. The second-order valence-electron chi connectivity index (χ2n) is 10.3.